The van der Waals surface area contributed by atoms with Crippen molar-refractivity contribution in [3.8, 4) is 0 Å². The molecule has 21 heavy (non-hydrogen) atoms. The second-order valence-corrected chi connectivity index (χ2v) is 5.26. The summed E-state index contributed by atoms with van der Waals surface area (Å²) in [7, 11) is 1.64. The highest BCUT2D eigenvalue weighted by molar-refractivity contribution is 5.96. The zero-order chi connectivity index (χ0) is 15.6. The third-order valence-corrected chi connectivity index (χ3v) is 4.28. The first-order valence-electron chi connectivity index (χ1n) is 7.08. The van der Waals surface area contributed by atoms with Crippen molar-refractivity contribution in [2.45, 2.75) is 26.7 Å². The van der Waals surface area contributed by atoms with Gasteiger partial charge in [-0.25, -0.2) is 4.79 Å². The number of carbonyl (C=O) groups is 1. The number of anilines is 1. The lowest BCUT2D eigenvalue weighted by Gasteiger charge is -2.28. The molecule has 3 N–H and O–H groups in total. The number of fused-ring (bicyclic) bond motifs is 1. The molecule has 114 valence electrons. The van der Waals surface area contributed by atoms with Crippen LogP contribution in [-0.2, 0) is 11.8 Å². The van der Waals surface area contributed by atoms with Gasteiger partial charge in [0, 0.05) is 25.3 Å². The van der Waals surface area contributed by atoms with E-state index in [1.807, 2.05) is 13.8 Å². The Kier molecular flexibility index (Phi) is 4.18. The lowest BCUT2D eigenvalue weighted by Crippen LogP contribution is -2.41. The van der Waals surface area contributed by atoms with Gasteiger partial charge in [-0.05, 0) is 25.0 Å². The fourth-order valence-corrected chi connectivity index (χ4v) is 2.43. The number of hydrogen-bond donors (Lipinski definition) is 2. The molecule has 0 atom stereocenters. The van der Waals surface area contributed by atoms with Gasteiger partial charge in [-0.1, -0.05) is 13.8 Å². The minimum Gasteiger partial charge on any atom is -0.408 e. The van der Waals surface area contributed by atoms with Crippen molar-refractivity contribution < 1.29 is 9.21 Å². The van der Waals surface area contributed by atoms with E-state index in [-0.39, 0.29) is 5.91 Å². The molecule has 0 spiro atoms. The maximum atomic E-state index is 12.4. The SMILES string of the molecule is CCC(CC)(CN)C(=O)Nc1ccc2c(c1)oc(=O)n2C. The van der Waals surface area contributed by atoms with E-state index >= 15 is 0 Å². The first-order chi connectivity index (χ1) is 9.97. The molecule has 1 aromatic heterocycles. The zero-order valence-electron chi connectivity index (χ0n) is 12.6. The molecule has 1 amide bonds. The average Bonchev–Trinajstić information content (AvgIpc) is 2.76. The van der Waals surface area contributed by atoms with E-state index in [4.69, 9.17) is 10.2 Å². The molecule has 2 aromatic rings. The van der Waals surface area contributed by atoms with Crippen molar-refractivity contribution >= 4 is 22.7 Å². The Morgan fingerprint density at radius 3 is 2.62 bits per heavy atom. The lowest BCUT2D eigenvalue weighted by atomic mass is 9.81. The van der Waals surface area contributed by atoms with E-state index in [0.29, 0.717) is 36.2 Å². The number of nitrogens with two attached hydrogens (primary N) is 1. The molecule has 2 rings (SSSR count). The van der Waals surface area contributed by atoms with Gasteiger partial charge in [0.15, 0.2) is 5.58 Å². The van der Waals surface area contributed by atoms with Crippen LogP contribution < -0.4 is 16.8 Å². The van der Waals surface area contributed by atoms with E-state index in [1.54, 1.807) is 25.2 Å². The number of nitrogens with zero attached hydrogens (tertiary/aromatic N) is 1. The second-order valence-electron chi connectivity index (χ2n) is 5.26. The summed E-state index contributed by atoms with van der Waals surface area (Å²) in [6.45, 7) is 4.21. The molecule has 0 aliphatic heterocycles. The predicted octanol–water partition coefficient (Wildman–Crippen LogP) is 1.84. The number of amides is 1. The topological polar surface area (TPSA) is 90.3 Å². The number of aromatic nitrogens is 1. The summed E-state index contributed by atoms with van der Waals surface area (Å²) in [5.41, 5.74) is 6.95. The standard InChI is InChI=1S/C15H21N3O3/c1-4-15(5-2,9-16)13(19)17-10-6-7-11-12(8-10)21-14(20)18(11)3/h6-8H,4-5,9,16H2,1-3H3,(H,17,19). The smallest absolute Gasteiger partial charge is 0.408 e. The van der Waals surface area contributed by atoms with Crippen molar-refractivity contribution in [3.63, 3.8) is 0 Å². The van der Waals surface area contributed by atoms with Crippen molar-refractivity contribution in [3.05, 3.63) is 28.7 Å². The van der Waals surface area contributed by atoms with Crippen LogP contribution in [0.1, 0.15) is 26.7 Å². The molecule has 6 nitrogen and oxygen atoms in total. The monoisotopic (exact) mass is 291 g/mol. The number of carbonyl (C=O) groups excluding carboxylic acids is 1. The number of nitrogens with one attached hydrogen (secondary N) is 1. The summed E-state index contributed by atoms with van der Waals surface area (Å²) in [6, 6.07) is 5.15. The van der Waals surface area contributed by atoms with Crippen molar-refractivity contribution in [2.24, 2.45) is 18.2 Å². The largest absolute Gasteiger partial charge is 0.419 e. The fraction of sp³-hybridized carbons (Fsp3) is 0.467. The van der Waals surface area contributed by atoms with E-state index in [2.05, 4.69) is 5.32 Å². The molecule has 0 saturated carbocycles. The number of hydrogen-bond acceptors (Lipinski definition) is 4. The van der Waals surface area contributed by atoms with Gasteiger partial charge in [-0.2, -0.15) is 0 Å². The zero-order valence-corrected chi connectivity index (χ0v) is 12.6. The third kappa shape index (κ3) is 2.58. The predicted molar refractivity (Wildman–Crippen MR) is 82.2 cm³/mol. The summed E-state index contributed by atoms with van der Waals surface area (Å²) in [5, 5.41) is 2.87. The Hall–Kier alpha value is -2.08. The van der Waals surface area contributed by atoms with E-state index in [1.165, 1.54) is 4.57 Å². The van der Waals surface area contributed by atoms with E-state index < -0.39 is 11.2 Å². The lowest BCUT2D eigenvalue weighted by molar-refractivity contribution is -0.125. The minimum atomic E-state index is -0.563. The molecule has 6 heteroatoms. The number of oxazole rings is 1. The number of benzene rings is 1. The molecule has 1 aromatic carbocycles. The van der Waals surface area contributed by atoms with Crippen LogP contribution in [0.5, 0.6) is 0 Å². The van der Waals surface area contributed by atoms with Gasteiger partial charge in [0.2, 0.25) is 5.91 Å². The molecule has 0 aliphatic rings. The molecule has 0 radical (unpaired) electrons. The van der Waals surface area contributed by atoms with Gasteiger partial charge in [-0.3, -0.25) is 9.36 Å². The van der Waals surface area contributed by atoms with Crippen LogP contribution in [0.3, 0.4) is 0 Å². The highest BCUT2D eigenvalue weighted by atomic mass is 16.4. The Morgan fingerprint density at radius 1 is 1.38 bits per heavy atom. The van der Waals surface area contributed by atoms with Crippen LogP contribution in [0.4, 0.5) is 5.69 Å². The molecule has 0 unspecified atom stereocenters. The number of rotatable bonds is 5. The molecular formula is C15H21N3O3. The highest BCUT2D eigenvalue weighted by Crippen LogP contribution is 2.27. The van der Waals surface area contributed by atoms with Crippen molar-refractivity contribution in [1.82, 2.24) is 4.57 Å². The van der Waals surface area contributed by atoms with Crippen molar-refractivity contribution in [1.29, 1.82) is 0 Å². The fourth-order valence-electron chi connectivity index (χ4n) is 2.43. The minimum absolute atomic E-state index is 0.104. The second kappa shape index (κ2) is 5.73. The number of aryl methyl sites for hydroxylation is 1. The summed E-state index contributed by atoms with van der Waals surface area (Å²) in [6.07, 6.45) is 1.35. The van der Waals surface area contributed by atoms with Crippen molar-refractivity contribution in [2.75, 3.05) is 11.9 Å². The van der Waals surface area contributed by atoms with Crippen LogP contribution in [-0.4, -0.2) is 17.0 Å². The van der Waals surface area contributed by atoms with Gasteiger partial charge >= 0.3 is 5.76 Å². The first kappa shape index (κ1) is 15.3. The maximum Gasteiger partial charge on any atom is 0.419 e. The summed E-state index contributed by atoms with van der Waals surface area (Å²) < 4.78 is 6.54. The summed E-state index contributed by atoms with van der Waals surface area (Å²) >= 11 is 0. The Morgan fingerprint density at radius 2 is 2.05 bits per heavy atom. The van der Waals surface area contributed by atoms with Crippen LogP contribution in [0.2, 0.25) is 0 Å². The Labute approximate surface area is 122 Å². The van der Waals surface area contributed by atoms with Gasteiger partial charge in [0.25, 0.3) is 0 Å². The quantitative estimate of drug-likeness (QED) is 0.879. The summed E-state index contributed by atoms with van der Waals surface area (Å²) in [5.74, 6) is -0.528. The van der Waals surface area contributed by atoms with E-state index in [0.717, 1.165) is 0 Å². The summed E-state index contributed by atoms with van der Waals surface area (Å²) in [4.78, 5) is 23.9. The van der Waals surface area contributed by atoms with Gasteiger partial charge in [-0.15, -0.1) is 0 Å². The Bertz CT molecular complexity index is 702. The van der Waals surface area contributed by atoms with Gasteiger partial charge < -0.3 is 15.5 Å². The average molecular weight is 291 g/mol. The molecule has 0 bridgehead atoms. The van der Waals surface area contributed by atoms with Crippen LogP contribution in [0, 0.1) is 5.41 Å². The molecule has 0 saturated heterocycles. The normalized spacial score (nSPS) is 11.8. The van der Waals surface area contributed by atoms with Crippen LogP contribution in [0.25, 0.3) is 11.1 Å². The van der Waals surface area contributed by atoms with Crippen LogP contribution in [0.15, 0.2) is 27.4 Å². The molecular weight excluding hydrogens is 270 g/mol. The van der Waals surface area contributed by atoms with Gasteiger partial charge in [0.05, 0.1) is 10.9 Å². The first-order valence-corrected chi connectivity index (χ1v) is 7.08. The van der Waals surface area contributed by atoms with Gasteiger partial charge in [0.1, 0.15) is 0 Å². The van der Waals surface area contributed by atoms with E-state index in [9.17, 15) is 9.59 Å². The molecule has 1 heterocycles. The van der Waals surface area contributed by atoms with Crippen LogP contribution >= 0.6 is 0 Å². The molecule has 0 fully saturated rings. The molecule has 0 aliphatic carbocycles. The Balaban J connectivity index is 2.31. The third-order valence-electron chi connectivity index (χ3n) is 4.28. The maximum absolute atomic E-state index is 12.4. The highest BCUT2D eigenvalue weighted by Gasteiger charge is 2.33.